The number of hydrazone groups is 1. The van der Waals surface area contributed by atoms with E-state index in [-0.39, 0.29) is 11.5 Å². The first-order chi connectivity index (χ1) is 10.6. The quantitative estimate of drug-likeness (QED) is 0.457. The molecule has 6 nitrogen and oxygen atoms in total. The van der Waals surface area contributed by atoms with Crippen LogP contribution in [0.15, 0.2) is 53.6 Å². The Kier molecular flexibility index (Phi) is 5.00. The Morgan fingerprint density at radius 1 is 1.05 bits per heavy atom. The molecule has 0 aliphatic carbocycles. The molecule has 0 bridgehead atoms. The molecular weight excluding hydrogens is 282 g/mol. The van der Waals surface area contributed by atoms with Gasteiger partial charge in [0.1, 0.15) is 0 Å². The summed E-state index contributed by atoms with van der Waals surface area (Å²) in [5, 5.41) is 12.4. The van der Waals surface area contributed by atoms with Crippen molar-refractivity contribution in [2.75, 3.05) is 0 Å². The average molecular weight is 297 g/mol. The zero-order chi connectivity index (χ0) is 15.9. The smallest absolute Gasteiger partial charge is 0.274 e. The monoisotopic (exact) mass is 297 g/mol. The van der Waals surface area contributed by atoms with E-state index in [2.05, 4.69) is 10.5 Å². The van der Waals surface area contributed by atoms with E-state index in [0.717, 1.165) is 11.1 Å². The summed E-state index contributed by atoms with van der Waals surface area (Å²) < 4.78 is 0. The van der Waals surface area contributed by atoms with E-state index in [1.165, 1.54) is 29.7 Å². The van der Waals surface area contributed by atoms with Crippen molar-refractivity contribution in [1.29, 1.82) is 0 Å². The molecular formula is C16H15N3O3. The van der Waals surface area contributed by atoms with Crippen LogP contribution < -0.4 is 10.9 Å². The molecule has 0 spiro atoms. The van der Waals surface area contributed by atoms with Gasteiger partial charge in [-0.1, -0.05) is 29.8 Å². The van der Waals surface area contributed by atoms with Crippen LogP contribution in [0.5, 0.6) is 0 Å². The van der Waals surface area contributed by atoms with Crippen molar-refractivity contribution in [2.45, 2.75) is 6.92 Å². The topological polar surface area (TPSA) is 90.8 Å². The van der Waals surface area contributed by atoms with Crippen LogP contribution in [0.4, 0.5) is 0 Å². The Balaban J connectivity index is 1.99. The summed E-state index contributed by atoms with van der Waals surface area (Å²) in [6, 6.07) is 13.5. The lowest BCUT2D eigenvalue weighted by atomic mass is 10.1. The highest BCUT2D eigenvalue weighted by molar-refractivity contribution is 5.97. The van der Waals surface area contributed by atoms with Crippen molar-refractivity contribution < 1.29 is 14.8 Å². The van der Waals surface area contributed by atoms with E-state index >= 15 is 0 Å². The third-order valence-corrected chi connectivity index (χ3v) is 2.93. The number of carbonyl (C=O) groups excluding carboxylic acids is 2. The molecule has 0 saturated heterocycles. The van der Waals surface area contributed by atoms with E-state index < -0.39 is 5.91 Å². The summed E-state index contributed by atoms with van der Waals surface area (Å²) in [4.78, 5) is 23.0. The van der Waals surface area contributed by atoms with Gasteiger partial charge in [0, 0.05) is 11.1 Å². The molecule has 3 N–H and O–H groups in total. The Morgan fingerprint density at radius 2 is 1.68 bits per heavy atom. The summed E-state index contributed by atoms with van der Waals surface area (Å²) in [5.41, 5.74) is 6.53. The van der Waals surface area contributed by atoms with Crippen LogP contribution in [-0.2, 0) is 0 Å². The van der Waals surface area contributed by atoms with E-state index in [1.807, 2.05) is 31.2 Å². The van der Waals surface area contributed by atoms with Gasteiger partial charge < -0.3 is 0 Å². The lowest BCUT2D eigenvalue weighted by Crippen LogP contribution is -2.20. The summed E-state index contributed by atoms with van der Waals surface area (Å²) >= 11 is 0. The third-order valence-electron chi connectivity index (χ3n) is 2.93. The summed E-state index contributed by atoms with van der Waals surface area (Å²) in [5.74, 6) is -1.02. The minimum atomic E-state index is -0.635. The van der Waals surface area contributed by atoms with Crippen molar-refractivity contribution in [1.82, 2.24) is 10.9 Å². The molecule has 0 fully saturated rings. The Bertz CT molecular complexity index is 709. The van der Waals surface area contributed by atoms with Gasteiger partial charge in [0.15, 0.2) is 0 Å². The van der Waals surface area contributed by atoms with Gasteiger partial charge in [-0.05, 0) is 36.8 Å². The summed E-state index contributed by atoms with van der Waals surface area (Å²) in [6.07, 6.45) is 1.55. The fourth-order valence-corrected chi connectivity index (χ4v) is 1.82. The molecule has 112 valence electrons. The molecule has 0 aliphatic rings. The van der Waals surface area contributed by atoms with Crippen molar-refractivity contribution in [3.8, 4) is 0 Å². The van der Waals surface area contributed by atoms with E-state index in [0.29, 0.717) is 5.56 Å². The Labute approximate surface area is 127 Å². The number of nitrogens with zero attached hydrogens (tertiary/aromatic N) is 1. The van der Waals surface area contributed by atoms with Crippen LogP contribution in [0.2, 0.25) is 0 Å². The predicted molar refractivity (Wildman–Crippen MR) is 81.9 cm³/mol. The molecule has 6 heteroatoms. The minimum absolute atomic E-state index is 0.252. The minimum Gasteiger partial charge on any atom is -0.288 e. The van der Waals surface area contributed by atoms with E-state index in [1.54, 1.807) is 6.21 Å². The van der Waals surface area contributed by atoms with Gasteiger partial charge in [-0.3, -0.25) is 14.8 Å². The fourth-order valence-electron chi connectivity index (χ4n) is 1.82. The van der Waals surface area contributed by atoms with Crippen LogP contribution in [0.3, 0.4) is 0 Å². The lowest BCUT2D eigenvalue weighted by molar-refractivity contribution is 0.0706. The first-order valence-electron chi connectivity index (χ1n) is 6.55. The van der Waals surface area contributed by atoms with Gasteiger partial charge in [-0.2, -0.15) is 5.10 Å². The second-order valence-corrected chi connectivity index (χ2v) is 4.63. The second-order valence-electron chi connectivity index (χ2n) is 4.63. The normalized spacial score (nSPS) is 10.5. The maximum atomic E-state index is 11.9. The standard InChI is InChI=1S/C16H15N3O3/c1-11-3-2-4-12(9-11)10-17-18-15(20)13-5-7-14(8-6-13)16(21)19-22/h2-10,22H,1H3,(H,18,20)(H,19,21)/b17-10+. The largest absolute Gasteiger partial charge is 0.288 e. The second kappa shape index (κ2) is 7.14. The van der Waals surface area contributed by atoms with Crippen molar-refractivity contribution >= 4 is 18.0 Å². The van der Waals surface area contributed by atoms with Crippen molar-refractivity contribution in [3.05, 3.63) is 70.8 Å². The Hall–Kier alpha value is -2.99. The number of hydroxylamine groups is 1. The molecule has 0 unspecified atom stereocenters. The molecule has 2 amide bonds. The number of nitrogens with one attached hydrogen (secondary N) is 2. The van der Waals surface area contributed by atoms with Gasteiger partial charge >= 0.3 is 0 Å². The fraction of sp³-hybridized carbons (Fsp3) is 0.0625. The van der Waals surface area contributed by atoms with E-state index in [4.69, 9.17) is 5.21 Å². The Morgan fingerprint density at radius 3 is 2.27 bits per heavy atom. The molecule has 0 radical (unpaired) electrons. The van der Waals surface area contributed by atoms with Crippen LogP contribution in [0, 0.1) is 6.92 Å². The highest BCUT2D eigenvalue weighted by Crippen LogP contribution is 2.04. The zero-order valence-electron chi connectivity index (χ0n) is 11.9. The number of carbonyl (C=O) groups is 2. The van der Waals surface area contributed by atoms with Gasteiger partial charge in [-0.15, -0.1) is 0 Å². The van der Waals surface area contributed by atoms with Gasteiger partial charge in [0.25, 0.3) is 11.8 Å². The lowest BCUT2D eigenvalue weighted by Gasteiger charge is -2.02. The zero-order valence-corrected chi connectivity index (χ0v) is 11.9. The number of amides is 2. The summed E-state index contributed by atoms with van der Waals surface area (Å²) in [7, 11) is 0. The molecule has 22 heavy (non-hydrogen) atoms. The number of aryl methyl sites for hydroxylation is 1. The summed E-state index contributed by atoms with van der Waals surface area (Å²) in [6.45, 7) is 1.97. The van der Waals surface area contributed by atoms with Gasteiger partial charge in [0.2, 0.25) is 0 Å². The number of benzene rings is 2. The molecule has 2 aromatic carbocycles. The van der Waals surface area contributed by atoms with E-state index in [9.17, 15) is 9.59 Å². The molecule has 0 aliphatic heterocycles. The maximum absolute atomic E-state index is 11.9. The highest BCUT2D eigenvalue weighted by atomic mass is 16.5. The van der Waals surface area contributed by atoms with Crippen LogP contribution in [-0.4, -0.2) is 23.2 Å². The highest BCUT2D eigenvalue weighted by Gasteiger charge is 2.07. The first-order valence-corrected chi connectivity index (χ1v) is 6.55. The molecule has 0 aromatic heterocycles. The maximum Gasteiger partial charge on any atom is 0.274 e. The first kappa shape index (κ1) is 15.4. The molecule has 2 aromatic rings. The predicted octanol–water partition coefficient (Wildman–Crippen LogP) is 1.88. The molecule has 0 heterocycles. The van der Waals surface area contributed by atoms with Crippen LogP contribution in [0.1, 0.15) is 31.8 Å². The third kappa shape index (κ3) is 4.00. The van der Waals surface area contributed by atoms with Crippen LogP contribution in [0.25, 0.3) is 0 Å². The number of rotatable bonds is 4. The average Bonchev–Trinajstić information content (AvgIpc) is 2.54. The number of hydrogen-bond donors (Lipinski definition) is 3. The van der Waals surface area contributed by atoms with Gasteiger partial charge in [0.05, 0.1) is 6.21 Å². The molecule has 0 saturated carbocycles. The molecule has 0 atom stereocenters. The number of hydrogen-bond acceptors (Lipinski definition) is 4. The SMILES string of the molecule is Cc1cccc(/C=N/NC(=O)c2ccc(C(=O)NO)cc2)c1. The molecule has 2 rings (SSSR count). The van der Waals surface area contributed by atoms with Gasteiger partial charge in [-0.25, -0.2) is 10.9 Å². The van der Waals surface area contributed by atoms with Crippen LogP contribution >= 0.6 is 0 Å². The van der Waals surface area contributed by atoms with Crippen molar-refractivity contribution in [3.63, 3.8) is 0 Å². The van der Waals surface area contributed by atoms with Crippen molar-refractivity contribution in [2.24, 2.45) is 5.10 Å².